The SMILES string of the molecule is Nc1cc(C(F)(F)F)cc(/C=C/C(=O)O)c1C(F)(F)F. The van der Waals surface area contributed by atoms with Gasteiger partial charge in [0.2, 0.25) is 0 Å². The molecule has 0 saturated heterocycles. The molecule has 3 N–H and O–H groups in total. The Labute approximate surface area is 108 Å². The first-order chi connectivity index (χ1) is 8.93. The van der Waals surface area contributed by atoms with Gasteiger partial charge in [0.25, 0.3) is 0 Å². The number of aliphatic carboxylic acids is 1. The number of hydrogen-bond acceptors (Lipinski definition) is 2. The molecule has 0 fully saturated rings. The van der Waals surface area contributed by atoms with Crippen LogP contribution in [0.25, 0.3) is 6.08 Å². The number of carbonyl (C=O) groups is 1. The predicted molar refractivity (Wildman–Crippen MR) is 57.5 cm³/mol. The van der Waals surface area contributed by atoms with Crippen LogP contribution in [-0.2, 0) is 17.1 Å². The summed E-state index contributed by atoms with van der Waals surface area (Å²) in [5, 5.41) is 8.35. The zero-order valence-corrected chi connectivity index (χ0v) is 9.51. The minimum Gasteiger partial charge on any atom is -0.478 e. The molecule has 1 aromatic carbocycles. The molecule has 20 heavy (non-hydrogen) atoms. The molecule has 0 bridgehead atoms. The third-order valence-corrected chi connectivity index (χ3v) is 2.22. The summed E-state index contributed by atoms with van der Waals surface area (Å²) in [6.07, 6.45) is -9.20. The average Bonchev–Trinajstić information content (AvgIpc) is 2.22. The van der Waals surface area contributed by atoms with Crippen LogP contribution in [0.3, 0.4) is 0 Å². The lowest BCUT2D eigenvalue weighted by molar-refractivity contribution is -0.141. The highest BCUT2D eigenvalue weighted by Gasteiger charge is 2.38. The molecule has 0 spiro atoms. The van der Waals surface area contributed by atoms with Gasteiger partial charge in [0.1, 0.15) is 0 Å². The van der Waals surface area contributed by atoms with Crippen LogP contribution in [0.15, 0.2) is 18.2 Å². The first kappa shape index (κ1) is 15.9. The number of hydrogen-bond donors (Lipinski definition) is 2. The molecule has 9 heteroatoms. The second-order valence-electron chi connectivity index (χ2n) is 3.70. The number of nitrogens with two attached hydrogens (primary N) is 1. The van der Waals surface area contributed by atoms with E-state index in [9.17, 15) is 31.1 Å². The number of nitrogen functional groups attached to an aromatic ring is 1. The fourth-order valence-electron chi connectivity index (χ4n) is 1.47. The highest BCUT2D eigenvalue weighted by molar-refractivity contribution is 5.86. The van der Waals surface area contributed by atoms with Crippen molar-refractivity contribution < 1.29 is 36.2 Å². The second kappa shape index (κ2) is 5.06. The van der Waals surface area contributed by atoms with E-state index in [-0.39, 0.29) is 12.1 Å². The Bertz CT molecular complexity index is 559. The fourth-order valence-corrected chi connectivity index (χ4v) is 1.47. The molecule has 0 radical (unpaired) electrons. The van der Waals surface area contributed by atoms with Crippen molar-refractivity contribution in [1.82, 2.24) is 0 Å². The van der Waals surface area contributed by atoms with Gasteiger partial charge in [-0.2, -0.15) is 26.3 Å². The quantitative estimate of drug-likeness (QED) is 0.500. The highest BCUT2D eigenvalue weighted by atomic mass is 19.4. The van der Waals surface area contributed by atoms with Crippen molar-refractivity contribution in [1.29, 1.82) is 0 Å². The third kappa shape index (κ3) is 3.65. The molecule has 1 rings (SSSR count). The number of benzene rings is 1. The number of anilines is 1. The van der Waals surface area contributed by atoms with Crippen LogP contribution in [0, 0.1) is 0 Å². The van der Waals surface area contributed by atoms with E-state index < -0.39 is 40.7 Å². The summed E-state index contributed by atoms with van der Waals surface area (Å²) in [7, 11) is 0. The van der Waals surface area contributed by atoms with Gasteiger partial charge >= 0.3 is 18.3 Å². The van der Waals surface area contributed by atoms with E-state index in [1.165, 1.54) is 0 Å². The number of halogens is 6. The molecule has 0 aliphatic carbocycles. The maximum atomic E-state index is 12.7. The minimum atomic E-state index is -5.01. The van der Waals surface area contributed by atoms with Crippen molar-refractivity contribution in [2.24, 2.45) is 0 Å². The summed E-state index contributed by atoms with van der Waals surface area (Å²) in [5.74, 6) is -1.60. The lowest BCUT2D eigenvalue weighted by Crippen LogP contribution is -2.14. The largest absolute Gasteiger partial charge is 0.478 e. The van der Waals surface area contributed by atoms with Crippen molar-refractivity contribution in [3.8, 4) is 0 Å². The van der Waals surface area contributed by atoms with Crippen LogP contribution >= 0.6 is 0 Å². The molecule has 0 unspecified atom stereocenters. The van der Waals surface area contributed by atoms with E-state index in [4.69, 9.17) is 10.8 Å². The van der Waals surface area contributed by atoms with Gasteiger partial charge in [-0.1, -0.05) is 0 Å². The second-order valence-corrected chi connectivity index (χ2v) is 3.70. The highest BCUT2D eigenvalue weighted by Crippen LogP contribution is 2.40. The van der Waals surface area contributed by atoms with Gasteiger partial charge < -0.3 is 10.8 Å². The van der Waals surface area contributed by atoms with E-state index >= 15 is 0 Å². The van der Waals surface area contributed by atoms with Crippen molar-refractivity contribution in [2.75, 3.05) is 5.73 Å². The summed E-state index contributed by atoms with van der Waals surface area (Å²) in [6, 6.07) is 0.347. The van der Waals surface area contributed by atoms with Crippen LogP contribution in [-0.4, -0.2) is 11.1 Å². The van der Waals surface area contributed by atoms with E-state index in [1.807, 2.05) is 0 Å². The number of carboxylic acid groups (broad SMARTS) is 1. The average molecular weight is 299 g/mol. The molecule has 3 nitrogen and oxygen atoms in total. The standard InChI is InChI=1S/C11H7F6NO2/c12-10(13,14)6-3-5(1-2-8(19)20)9(7(18)4-6)11(15,16)17/h1-4H,18H2,(H,19,20)/b2-1+. The van der Waals surface area contributed by atoms with Gasteiger partial charge in [-0.25, -0.2) is 4.79 Å². The summed E-state index contributed by atoms with van der Waals surface area (Å²) < 4.78 is 75.7. The lowest BCUT2D eigenvalue weighted by atomic mass is 10.00. The van der Waals surface area contributed by atoms with Gasteiger partial charge in [-0.05, 0) is 23.8 Å². The van der Waals surface area contributed by atoms with Crippen LogP contribution in [0.1, 0.15) is 16.7 Å². The van der Waals surface area contributed by atoms with Gasteiger partial charge in [0.05, 0.1) is 11.1 Å². The van der Waals surface area contributed by atoms with Crippen LogP contribution in [0.2, 0.25) is 0 Å². The Hall–Kier alpha value is -2.19. The molecule has 0 aromatic heterocycles. The number of rotatable bonds is 2. The van der Waals surface area contributed by atoms with Gasteiger partial charge in [-0.3, -0.25) is 0 Å². The summed E-state index contributed by atoms with van der Waals surface area (Å²) in [6.45, 7) is 0. The number of carboxylic acids is 1. The Morgan fingerprint density at radius 1 is 1.10 bits per heavy atom. The first-order valence-electron chi connectivity index (χ1n) is 4.92. The first-order valence-corrected chi connectivity index (χ1v) is 4.92. The Morgan fingerprint density at radius 3 is 2.05 bits per heavy atom. The van der Waals surface area contributed by atoms with Crippen molar-refractivity contribution in [3.63, 3.8) is 0 Å². The van der Waals surface area contributed by atoms with E-state index in [2.05, 4.69) is 0 Å². The van der Waals surface area contributed by atoms with Crippen molar-refractivity contribution >= 4 is 17.7 Å². The Kier molecular flexibility index (Phi) is 4.02. The molecule has 0 aliphatic heterocycles. The fraction of sp³-hybridized carbons (Fsp3) is 0.182. The lowest BCUT2D eigenvalue weighted by Gasteiger charge is -2.16. The molecule has 110 valence electrons. The zero-order chi connectivity index (χ0) is 15.7. The normalized spacial score (nSPS) is 12.9. The van der Waals surface area contributed by atoms with Crippen LogP contribution in [0.4, 0.5) is 32.0 Å². The molecule has 0 heterocycles. The summed E-state index contributed by atoms with van der Waals surface area (Å²) in [5.41, 5.74) is 0.0107. The van der Waals surface area contributed by atoms with E-state index in [0.29, 0.717) is 12.2 Å². The zero-order valence-electron chi connectivity index (χ0n) is 9.51. The monoisotopic (exact) mass is 299 g/mol. The smallest absolute Gasteiger partial charge is 0.418 e. The predicted octanol–water partition coefficient (Wildman–Crippen LogP) is 3.40. The Balaban J connectivity index is 3.57. The maximum absolute atomic E-state index is 12.7. The van der Waals surface area contributed by atoms with Crippen molar-refractivity contribution in [3.05, 3.63) is 34.9 Å². The molecule has 1 aromatic rings. The third-order valence-electron chi connectivity index (χ3n) is 2.22. The van der Waals surface area contributed by atoms with Crippen molar-refractivity contribution in [2.45, 2.75) is 12.4 Å². The molecular formula is C11H7F6NO2. The van der Waals surface area contributed by atoms with Gasteiger partial charge in [0, 0.05) is 11.8 Å². The molecule has 0 aliphatic rings. The van der Waals surface area contributed by atoms with E-state index in [0.717, 1.165) is 0 Å². The topological polar surface area (TPSA) is 63.3 Å². The summed E-state index contributed by atoms with van der Waals surface area (Å²) in [4.78, 5) is 10.3. The van der Waals surface area contributed by atoms with Crippen LogP contribution in [0.5, 0.6) is 0 Å². The molecule has 0 atom stereocenters. The van der Waals surface area contributed by atoms with Crippen LogP contribution < -0.4 is 5.73 Å². The number of alkyl halides is 6. The minimum absolute atomic E-state index is 0.154. The Morgan fingerprint density at radius 2 is 1.65 bits per heavy atom. The molecular weight excluding hydrogens is 292 g/mol. The van der Waals surface area contributed by atoms with Gasteiger partial charge in [0.15, 0.2) is 0 Å². The summed E-state index contributed by atoms with van der Waals surface area (Å²) >= 11 is 0. The maximum Gasteiger partial charge on any atom is 0.418 e. The molecule has 0 amide bonds. The molecule has 0 saturated carbocycles. The van der Waals surface area contributed by atoms with E-state index in [1.54, 1.807) is 0 Å². The van der Waals surface area contributed by atoms with Gasteiger partial charge in [-0.15, -0.1) is 0 Å².